The van der Waals surface area contributed by atoms with E-state index in [4.69, 9.17) is 4.42 Å². The first-order valence-corrected chi connectivity index (χ1v) is 7.64. The molecule has 0 bridgehead atoms. The largest absolute Gasteiger partial charge is 0.465 e. The molecule has 0 saturated carbocycles. The fourth-order valence-electron chi connectivity index (χ4n) is 2.05. The second-order valence-electron chi connectivity index (χ2n) is 5.29. The summed E-state index contributed by atoms with van der Waals surface area (Å²) in [5.41, 5.74) is 1.63. The summed E-state index contributed by atoms with van der Waals surface area (Å²) in [5.74, 6) is 0.685. The lowest BCUT2D eigenvalue weighted by molar-refractivity contribution is -0.385. The fraction of sp³-hybridized carbons (Fsp3) is 0.118. The topological polar surface area (TPSA) is 119 Å². The second-order valence-corrected chi connectivity index (χ2v) is 5.29. The van der Waals surface area contributed by atoms with Crippen molar-refractivity contribution in [2.24, 2.45) is 20.5 Å². The third kappa shape index (κ3) is 4.41. The number of azo groups is 2. The van der Waals surface area contributed by atoms with E-state index in [-0.39, 0.29) is 11.5 Å². The number of aromatic nitrogens is 1. The number of rotatable bonds is 6. The van der Waals surface area contributed by atoms with Gasteiger partial charge in [0, 0.05) is 6.07 Å². The minimum Gasteiger partial charge on any atom is -0.465 e. The summed E-state index contributed by atoms with van der Waals surface area (Å²) in [5, 5.41) is 27.1. The molecule has 3 aromatic rings. The molecule has 0 spiro atoms. The summed E-state index contributed by atoms with van der Waals surface area (Å²) in [6.07, 6.45) is 1.83. The summed E-state index contributed by atoms with van der Waals surface area (Å²) in [7, 11) is 0. The minimum absolute atomic E-state index is 0.120. The van der Waals surface area contributed by atoms with Crippen LogP contribution in [0.15, 0.2) is 85.9 Å². The van der Waals surface area contributed by atoms with Crippen LogP contribution in [-0.4, -0.2) is 9.91 Å². The molecule has 2 heterocycles. The van der Waals surface area contributed by atoms with Gasteiger partial charge in [-0.2, -0.15) is 10.2 Å². The molecule has 0 fully saturated rings. The van der Waals surface area contributed by atoms with Crippen molar-refractivity contribution >= 4 is 17.2 Å². The Bertz CT molecular complexity index is 935. The van der Waals surface area contributed by atoms with Crippen LogP contribution in [0.1, 0.15) is 17.5 Å². The Morgan fingerprint density at radius 1 is 1.12 bits per heavy atom. The molecule has 0 aliphatic carbocycles. The lowest BCUT2D eigenvalue weighted by Crippen LogP contribution is -1.89. The minimum atomic E-state index is -0.789. The number of nitrogens with zero attached hydrogens (tertiary/aromatic N) is 6. The molecule has 0 radical (unpaired) electrons. The second kappa shape index (κ2) is 7.88. The molecular formula is C17H14N6O3. The van der Waals surface area contributed by atoms with Crippen molar-refractivity contribution < 1.29 is 9.34 Å². The highest BCUT2D eigenvalue weighted by molar-refractivity contribution is 5.39. The van der Waals surface area contributed by atoms with E-state index in [1.165, 1.54) is 18.4 Å². The predicted molar refractivity (Wildman–Crippen MR) is 92.6 cm³/mol. The number of hydrogen-bond donors (Lipinski definition) is 0. The zero-order chi connectivity index (χ0) is 18.4. The molecule has 0 saturated heterocycles. The maximum atomic E-state index is 10.6. The van der Waals surface area contributed by atoms with Gasteiger partial charge in [-0.05, 0) is 42.8 Å². The normalized spacial score (nSPS) is 12.7. The van der Waals surface area contributed by atoms with Gasteiger partial charge in [0.15, 0.2) is 11.6 Å². The lowest BCUT2D eigenvalue weighted by Gasteiger charge is -2.01. The molecule has 130 valence electrons. The number of hydrogen-bond acceptors (Lipinski definition) is 8. The van der Waals surface area contributed by atoms with E-state index in [1.807, 2.05) is 31.2 Å². The van der Waals surface area contributed by atoms with Gasteiger partial charge in [0.05, 0.1) is 16.9 Å². The SMILES string of the molecule is Cc1cccc(N=NC(N=Nc2ccc([N+](=O)[O-])cn2)c2ccco2)c1. The molecule has 9 heteroatoms. The summed E-state index contributed by atoms with van der Waals surface area (Å²) in [4.78, 5) is 14.0. The van der Waals surface area contributed by atoms with Gasteiger partial charge in [-0.3, -0.25) is 10.1 Å². The van der Waals surface area contributed by atoms with E-state index in [2.05, 4.69) is 25.4 Å². The third-order valence-corrected chi connectivity index (χ3v) is 3.29. The Morgan fingerprint density at radius 3 is 2.62 bits per heavy atom. The van der Waals surface area contributed by atoms with Crippen LogP contribution in [0.2, 0.25) is 0 Å². The Kier molecular flexibility index (Phi) is 5.18. The first-order valence-electron chi connectivity index (χ1n) is 7.64. The zero-order valence-corrected chi connectivity index (χ0v) is 13.8. The molecule has 0 aliphatic heterocycles. The van der Waals surface area contributed by atoms with Crippen LogP contribution in [0.25, 0.3) is 0 Å². The standard InChI is InChI=1S/C17H14N6O3/c1-12-4-2-5-13(10-12)19-21-17(15-6-3-9-26-15)22-20-16-8-7-14(11-18-16)23(24)25/h2-11,17H,1H3. The van der Waals surface area contributed by atoms with Crippen molar-refractivity contribution in [3.05, 3.63) is 82.4 Å². The van der Waals surface area contributed by atoms with E-state index in [1.54, 1.807) is 12.1 Å². The van der Waals surface area contributed by atoms with E-state index < -0.39 is 11.1 Å². The maximum absolute atomic E-state index is 10.6. The molecule has 9 nitrogen and oxygen atoms in total. The lowest BCUT2D eigenvalue weighted by atomic mass is 10.2. The number of aryl methyl sites for hydroxylation is 1. The van der Waals surface area contributed by atoms with Crippen LogP contribution in [0.4, 0.5) is 17.2 Å². The van der Waals surface area contributed by atoms with Crippen molar-refractivity contribution in [2.45, 2.75) is 13.1 Å². The van der Waals surface area contributed by atoms with Gasteiger partial charge in [0.1, 0.15) is 6.20 Å². The van der Waals surface area contributed by atoms with E-state index in [9.17, 15) is 10.1 Å². The first-order chi connectivity index (χ1) is 12.6. The molecule has 2 aromatic heterocycles. The van der Waals surface area contributed by atoms with Gasteiger partial charge in [0.25, 0.3) is 5.69 Å². The van der Waals surface area contributed by atoms with Gasteiger partial charge < -0.3 is 4.42 Å². The van der Waals surface area contributed by atoms with E-state index in [0.29, 0.717) is 11.4 Å². The summed E-state index contributed by atoms with van der Waals surface area (Å²) in [6, 6.07) is 13.7. The molecule has 3 rings (SSSR count). The molecule has 1 aromatic carbocycles. The molecule has 1 atom stereocenters. The fourth-order valence-corrected chi connectivity index (χ4v) is 2.05. The highest BCUT2D eigenvalue weighted by atomic mass is 16.6. The predicted octanol–water partition coefficient (Wildman–Crippen LogP) is 5.46. The van der Waals surface area contributed by atoms with Crippen molar-refractivity contribution in [2.75, 3.05) is 0 Å². The summed E-state index contributed by atoms with van der Waals surface area (Å²) in [6.45, 7) is 1.96. The Morgan fingerprint density at radius 2 is 1.96 bits per heavy atom. The molecular weight excluding hydrogens is 336 g/mol. The molecule has 1 unspecified atom stereocenters. The average molecular weight is 350 g/mol. The number of nitro groups is 1. The maximum Gasteiger partial charge on any atom is 0.287 e. The van der Waals surface area contributed by atoms with Crippen LogP contribution >= 0.6 is 0 Å². The molecule has 0 amide bonds. The van der Waals surface area contributed by atoms with Crippen LogP contribution in [0, 0.1) is 17.0 Å². The monoisotopic (exact) mass is 350 g/mol. The van der Waals surface area contributed by atoms with Crippen LogP contribution in [0.3, 0.4) is 0 Å². The van der Waals surface area contributed by atoms with Crippen molar-refractivity contribution in [3.63, 3.8) is 0 Å². The van der Waals surface area contributed by atoms with Gasteiger partial charge >= 0.3 is 0 Å². The smallest absolute Gasteiger partial charge is 0.287 e. The number of benzene rings is 1. The van der Waals surface area contributed by atoms with E-state index in [0.717, 1.165) is 11.8 Å². The van der Waals surface area contributed by atoms with Crippen molar-refractivity contribution in [1.29, 1.82) is 0 Å². The Hall–Kier alpha value is -3.75. The summed E-state index contributed by atoms with van der Waals surface area (Å²) < 4.78 is 5.33. The number of pyridine rings is 1. The average Bonchev–Trinajstić information content (AvgIpc) is 3.17. The summed E-state index contributed by atoms with van der Waals surface area (Å²) >= 11 is 0. The Labute approximate surface area is 148 Å². The van der Waals surface area contributed by atoms with Gasteiger partial charge in [0.2, 0.25) is 6.17 Å². The molecule has 0 N–H and O–H groups in total. The van der Waals surface area contributed by atoms with Crippen molar-refractivity contribution in [1.82, 2.24) is 4.98 Å². The van der Waals surface area contributed by atoms with Crippen molar-refractivity contribution in [3.8, 4) is 0 Å². The van der Waals surface area contributed by atoms with Crippen LogP contribution in [0.5, 0.6) is 0 Å². The Balaban J connectivity index is 1.81. The highest BCUT2D eigenvalue weighted by Gasteiger charge is 2.13. The molecule has 0 aliphatic rings. The quantitative estimate of drug-likeness (QED) is 0.333. The van der Waals surface area contributed by atoms with Gasteiger partial charge in [-0.15, -0.1) is 10.2 Å². The van der Waals surface area contributed by atoms with E-state index >= 15 is 0 Å². The van der Waals surface area contributed by atoms with Crippen LogP contribution < -0.4 is 0 Å². The highest BCUT2D eigenvalue weighted by Crippen LogP contribution is 2.25. The molecule has 26 heavy (non-hydrogen) atoms. The van der Waals surface area contributed by atoms with Crippen LogP contribution in [-0.2, 0) is 0 Å². The zero-order valence-electron chi connectivity index (χ0n) is 13.8. The van der Waals surface area contributed by atoms with Gasteiger partial charge in [-0.25, -0.2) is 4.98 Å². The first kappa shape index (κ1) is 17.1. The number of furan rings is 1. The van der Waals surface area contributed by atoms with Gasteiger partial charge in [-0.1, -0.05) is 12.1 Å². The third-order valence-electron chi connectivity index (χ3n) is 3.29.